The van der Waals surface area contributed by atoms with Crippen molar-refractivity contribution < 1.29 is 18.7 Å². The number of anilines is 1. The molecule has 0 saturated heterocycles. The van der Waals surface area contributed by atoms with Gasteiger partial charge < -0.3 is 10.8 Å². The van der Waals surface area contributed by atoms with E-state index in [4.69, 9.17) is 10.8 Å². The highest BCUT2D eigenvalue weighted by molar-refractivity contribution is 5.70. The Labute approximate surface area is 84.8 Å². The number of benzene rings is 1. The van der Waals surface area contributed by atoms with Gasteiger partial charge in [0.15, 0.2) is 0 Å². The van der Waals surface area contributed by atoms with Gasteiger partial charge in [-0.3, -0.25) is 4.79 Å². The Morgan fingerprint density at radius 3 is 2.40 bits per heavy atom. The van der Waals surface area contributed by atoms with Gasteiger partial charge in [-0.15, -0.1) is 0 Å². The van der Waals surface area contributed by atoms with Crippen molar-refractivity contribution in [2.45, 2.75) is 6.42 Å². The zero-order valence-corrected chi connectivity index (χ0v) is 7.71. The van der Waals surface area contributed by atoms with Gasteiger partial charge >= 0.3 is 5.97 Å². The number of hydrogen-bond acceptors (Lipinski definition) is 2. The van der Waals surface area contributed by atoms with Gasteiger partial charge in [0.25, 0.3) is 0 Å². The number of nitrogens with two attached hydrogens (primary N) is 1. The van der Waals surface area contributed by atoms with E-state index in [1.165, 1.54) is 6.08 Å². The number of aliphatic carboxylic acids is 1. The van der Waals surface area contributed by atoms with Crippen LogP contribution in [0.2, 0.25) is 0 Å². The van der Waals surface area contributed by atoms with Crippen LogP contribution in [0.4, 0.5) is 14.5 Å². The van der Waals surface area contributed by atoms with Crippen molar-refractivity contribution in [1.29, 1.82) is 0 Å². The van der Waals surface area contributed by atoms with Crippen molar-refractivity contribution in [3.63, 3.8) is 0 Å². The molecule has 0 atom stereocenters. The Kier molecular flexibility index (Phi) is 3.38. The molecule has 0 heterocycles. The first-order valence-electron chi connectivity index (χ1n) is 4.13. The fraction of sp³-hybridized carbons (Fsp3) is 0.100. The summed E-state index contributed by atoms with van der Waals surface area (Å²) >= 11 is 0. The van der Waals surface area contributed by atoms with Crippen LogP contribution in [0.25, 0.3) is 6.08 Å². The average molecular weight is 213 g/mol. The van der Waals surface area contributed by atoms with E-state index in [9.17, 15) is 13.6 Å². The molecule has 1 aromatic rings. The summed E-state index contributed by atoms with van der Waals surface area (Å²) in [4.78, 5) is 10.2. The Morgan fingerprint density at radius 2 is 1.93 bits per heavy atom. The number of carboxylic acids is 1. The molecule has 0 amide bonds. The lowest BCUT2D eigenvalue weighted by atomic mass is 10.1. The van der Waals surface area contributed by atoms with Gasteiger partial charge in [0.05, 0.1) is 6.42 Å². The summed E-state index contributed by atoms with van der Waals surface area (Å²) in [6.45, 7) is 0. The molecule has 80 valence electrons. The molecule has 0 aromatic heterocycles. The lowest BCUT2D eigenvalue weighted by Crippen LogP contribution is -1.94. The van der Waals surface area contributed by atoms with Gasteiger partial charge in [-0.05, 0) is 12.1 Å². The summed E-state index contributed by atoms with van der Waals surface area (Å²) in [6, 6.07) is 1.95. The van der Waals surface area contributed by atoms with Crippen LogP contribution in [0.15, 0.2) is 18.2 Å². The van der Waals surface area contributed by atoms with Crippen LogP contribution in [-0.2, 0) is 4.79 Å². The van der Waals surface area contributed by atoms with Gasteiger partial charge in [-0.1, -0.05) is 12.2 Å². The maximum absolute atomic E-state index is 13.1. The highest BCUT2D eigenvalue weighted by Gasteiger charge is 2.06. The molecule has 0 aliphatic rings. The van der Waals surface area contributed by atoms with E-state index < -0.39 is 17.6 Å². The first kappa shape index (κ1) is 11.2. The molecule has 0 unspecified atom stereocenters. The predicted molar refractivity (Wildman–Crippen MR) is 52.1 cm³/mol. The Balaban J connectivity index is 2.94. The third kappa shape index (κ3) is 3.05. The van der Waals surface area contributed by atoms with Crippen molar-refractivity contribution in [3.8, 4) is 0 Å². The SMILES string of the molecule is Nc1cc(F)c(C=CCC(=O)O)c(F)c1. The molecule has 5 heteroatoms. The standard InChI is InChI=1S/C10H9F2NO2/c11-8-4-6(13)5-9(12)7(8)2-1-3-10(14)15/h1-2,4-5H,3,13H2,(H,14,15). The fourth-order valence-corrected chi connectivity index (χ4v) is 1.04. The van der Waals surface area contributed by atoms with Gasteiger partial charge in [0.2, 0.25) is 0 Å². The van der Waals surface area contributed by atoms with Crippen molar-refractivity contribution in [2.24, 2.45) is 0 Å². The summed E-state index contributed by atoms with van der Waals surface area (Å²) in [5.74, 6) is -2.69. The van der Waals surface area contributed by atoms with Crippen LogP contribution < -0.4 is 5.73 Å². The summed E-state index contributed by atoms with van der Waals surface area (Å²) in [5.41, 5.74) is 4.91. The van der Waals surface area contributed by atoms with E-state index in [1.807, 2.05) is 0 Å². The Bertz CT molecular complexity index is 393. The lowest BCUT2D eigenvalue weighted by molar-refractivity contribution is -0.135. The van der Waals surface area contributed by atoms with E-state index in [2.05, 4.69) is 0 Å². The third-order valence-electron chi connectivity index (χ3n) is 1.68. The van der Waals surface area contributed by atoms with Crippen LogP contribution in [0.1, 0.15) is 12.0 Å². The van der Waals surface area contributed by atoms with E-state index in [-0.39, 0.29) is 17.7 Å². The monoisotopic (exact) mass is 213 g/mol. The zero-order chi connectivity index (χ0) is 11.4. The second kappa shape index (κ2) is 4.54. The predicted octanol–water partition coefficient (Wildman–Crippen LogP) is 2.03. The van der Waals surface area contributed by atoms with Crippen LogP contribution in [0.5, 0.6) is 0 Å². The second-order valence-corrected chi connectivity index (χ2v) is 2.90. The van der Waals surface area contributed by atoms with Gasteiger partial charge in [0, 0.05) is 11.3 Å². The highest BCUT2D eigenvalue weighted by Crippen LogP contribution is 2.18. The average Bonchev–Trinajstić information content (AvgIpc) is 2.08. The number of halogens is 2. The molecule has 1 rings (SSSR count). The number of carboxylic acid groups (broad SMARTS) is 1. The summed E-state index contributed by atoms with van der Waals surface area (Å²) in [5, 5.41) is 8.32. The van der Waals surface area contributed by atoms with Crippen molar-refractivity contribution in [3.05, 3.63) is 35.4 Å². The lowest BCUT2D eigenvalue weighted by Gasteiger charge is -2.00. The fourth-order valence-electron chi connectivity index (χ4n) is 1.04. The number of carbonyl (C=O) groups is 1. The summed E-state index contributed by atoms with van der Waals surface area (Å²) < 4.78 is 26.2. The molecular weight excluding hydrogens is 204 g/mol. The molecule has 0 bridgehead atoms. The van der Waals surface area contributed by atoms with E-state index in [0.29, 0.717) is 0 Å². The summed E-state index contributed by atoms with van der Waals surface area (Å²) in [7, 11) is 0. The minimum Gasteiger partial charge on any atom is -0.481 e. The maximum atomic E-state index is 13.1. The molecule has 3 nitrogen and oxygen atoms in total. The molecule has 3 N–H and O–H groups in total. The van der Waals surface area contributed by atoms with E-state index in [1.54, 1.807) is 0 Å². The Hall–Kier alpha value is -1.91. The van der Waals surface area contributed by atoms with Gasteiger partial charge in [0.1, 0.15) is 11.6 Å². The number of hydrogen-bond donors (Lipinski definition) is 2. The van der Waals surface area contributed by atoms with Gasteiger partial charge in [-0.25, -0.2) is 8.78 Å². The van der Waals surface area contributed by atoms with E-state index >= 15 is 0 Å². The summed E-state index contributed by atoms with van der Waals surface area (Å²) in [6.07, 6.45) is 1.96. The first-order chi connectivity index (χ1) is 7.00. The van der Waals surface area contributed by atoms with Crippen LogP contribution >= 0.6 is 0 Å². The third-order valence-corrected chi connectivity index (χ3v) is 1.68. The smallest absolute Gasteiger partial charge is 0.307 e. The topological polar surface area (TPSA) is 63.3 Å². The van der Waals surface area contributed by atoms with E-state index in [0.717, 1.165) is 18.2 Å². The molecule has 1 aromatic carbocycles. The molecule has 0 aliphatic carbocycles. The molecule has 0 fully saturated rings. The zero-order valence-electron chi connectivity index (χ0n) is 7.71. The minimum absolute atomic E-state index is 0.0135. The quantitative estimate of drug-likeness (QED) is 0.755. The highest BCUT2D eigenvalue weighted by atomic mass is 19.1. The largest absolute Gasteiger partial charge is 0.481 e. The number of rotatable bonds is 3. The normalized spacial score (nSPS) is 10.8. The van der Waals surface area contributed by atoms with Crippen molar-refractivity contribution >= 4 is 17.7 Å². The van der Waals surface area contributed by atoms with Gasteiger partial charge in [-0.2, -0.15) is 0 Å². The first-order valence-corrected chi connectivity index (χ1v) is 4.13. The van der Waals surface area contributed by atoms with Crippen LogP contribution in [-0.4, -0.2) is 11.1 Å². The molecule has 0 spiro atoms. The molecule has 0 radical (unpaired) electrons. The molecule has 15 heavy (non-hydrogen) atoms. The van der Waals surface area contributed by atoms with Crippen LogP contribution in [0.3, 0.4) is 0 Å². The maximum Gasteiger partial charge on any atom is 0.307 e. The molecule has 0 saturated carbocycles. The number of nitrogen functional groups attached to an aromatic ring is 1. The van der Waals surface area contributed by atoms with Crippen molar-refractivity contribution in [2.75, 3.05) is 5.73 Å². The second-order valence-electron chi connectivity index (χ2n) is 2.90. The van der Waals surface area contributed by atoms with Crippen LogP contribution in [0, 0.1) is 11.6 Å². The van der Waals surface area contributed by atoms with Crippen molar-refractivity contribution in [1.82, 2.24) is 0 Å². The molecular formula is C10H9F2NO2. The Morgan fingerprint density at radius 1 is 1.40 bits per heavy atom. The molecule has 0 aliphatic heterocycles. The minimum atomic E-state index is -1.07.